The van der Waals surface area contributed by atoms with Gasteiger partial charge in [0, 0.05) is 14.0 Å². The Hall–Kier alpha value is -0.730. The second-order valence-electron chi connectivity index (χ2n) is 4.83. The molecule has 19 heavy (non-hydrogen) atoms. The molecular formula is C12H23NO6. The SMILES string of the molecule is CO[C@@H](CNC(C)=O)OC1COC(C)(C)O[C@H]1CO. The maximum atomic E-state index is 10.9. The minimum atomic E-state index is -0.743. The van der Waals surface area contributed by atoms with E-state index < -0.39 is 24.3 Å². The van der Waals surface area contributed by atoms with Crippen molar-refractivity contribution in [3.8, 4) is 0 Å². The number of amides is 1. The molecule has 1 fully saturated rings. The minimum Gasteiger partial charge on any atom is -0.394 e. The first kappa shape index (κ1) is 16.3. The lowest BCUT2D eigenvalue weighted by Crippen LogP contribution is -2.53. The number of carbonyl (C=O) groups is 1. The van der Waals surface area contributed by atoms with Crippen LogP contribution >= 0.6 is 0 Å². The summed E-state index contributed by atoms with van der Waals surface area (Å²) in [7, 11) is 1.48. The molecule has 0 aromatic rings. The summed E-state index contributed by atoms with van der Waals surface area (Å²) in [5, 5.41) is 11.9. The zero-order valence-corrected chi connectivity index (χ0v) is 11.8. The maximum Gasteiger partial charge on any atom is 0.217 e. The molecule has 0 bridgehead atoms. The Morgan fingerprint density at radius 3 is 2.79 bits per heavy atom. The summed E-state index contributed by atoms with van der Waals surface area (Å²) in [4.78, 5) is 10.9. The Labute approximate surface area is 113 Å². The van der Waals surface area contributed by atoms with E-state index in [0.29, 0.717) is 0 Å². The van der Waals surface area contributed by atoms with E-state index in [1.165, 1.54) is 14.0 Å². The highest BCUT2D eigenvalue weighted by molar-refractivity contribution is 5.72. The third kappa shape index (κ3) is 5.42. The normalized spacial score (nSPS) is 27.8. The van der Waals surface area contributed by atoms with E-state index in [0.717, 1.165) is 0 Å². The molecule has 1 aliphatic heterocycles. The Morgan fingerprint density at radius 2 is 2.26 bits per heavy atom. The van der Waals surface area contributed by atoms with E-state index in [-0.39, 0.29) is 25.7 Å². The van der Waals surface area contributed by atoms with Gasteiger partial charge in [0.1, 0.15) is 12.2 Å². The van der Waals surface area contributed by atoms with Crippen molar-refractivity contribution < 1.29 is 28.8 Å². The summed E-state index contributed by atoms with van der Waals surface area (Å²) in [6.07, 6.45) is -1.55. The van der Waals surface area contributed by atoms with Crippen molar-refractivity contribution >= 4 is 5.91 Å². The zero-order valence-electron chi connectivity index (χ0n) is 11.8. The average Bonchev–Trinajstić information content (AvgIpc) is 2.35. The van der Waals surface area contributed by atoms with Crippen molar-refractivity contribution in [3.63, 3.8) is 0 Å². The van der Waals surface area contributed by atoms with Gasteiger partial charge < -0.3 is 29.4 Å². The molecule has 0 aromatic carbocycles. The van der Waals surface area contributed by atoms with Gasteiger partial charge in [-0.2, -0.15) is 0 Å². The molecule has 112 valence electrons. The van der Waals surface area contributed by atoms with Crippen molar-refractivity contribution in [3.05, 3.63) is 0 Å². The second-order valence-corrected chi connectivity index (χ2v) is 4.83. The minimum absolute atomic E-state index is 0.165. The van der Waals surface area contributed by atoms with E-state index in [1.807, 2.05) is 0 Å². The first-order valence-corrected chi connectivity index (χ1v) is 6.23. The van der Waals surface area contributed by atoms with Crippen LogP contribution in [0.15, 0.2) is 0 Å². The van der Waals surface area contributed by atoms with Gasteiger partial charge in [0.15, 0.2) is 12.1 Å². The van der Waals surface area contributed by atoms with Gasteiger partial charge in [0.2, 0.25) is 5.91 Å². The molecule has 1 unspecified atom stereocenters. The van der Waals surface area contributed by atoms with Gasteiger partial charge in [-0.05, 0) is 13.8 Å². The Morgan fingerprint density at radius 1 is 1.58 bits per heavy atom. The summed E-state index contributed by atoms with van der Waals surface area (Å²) in [6, 6.07) is 0. The summed E-state index contributed by atoms with van der Waals surface area (Å²) in [5.41, 5.74) is 0. The monoisotopic (exact) mass is 277 g/mol. The van der Waals surface area contributed by atoms with Gasteiger partial charge in [0.05, 0.1) is 19.8 Å². The van der Waals surface area contributed by atoms with Crippen LogP contribution in [0.2, 0.25) is 0 Å². The molecule has 0 aromatic heterocycles. The number of hydrogen-bond acceptors (Lipinski definition) is 6. The van der Waals surface area contributed by atoms with E-state index in [9.17, 15) is 9.90 Å². The van der Waals surface area contributed by atoms with Gasteiger partial charge in [-0.15, -0.1) is 0 Å². The van der Waals surface area contributed by atoms with E-state index in [1.54, 1.807) is 13.8 Å². The molecule has 7 nitrogen and oxygen atoms in total. The van der Waals surface area contributed by atoms with Crippen LogP contribution in [-0.2, 0) is 23.7 Å². The van der Waals surface area contributed by atoms with Crippen molar-refractivity contribution in [2.45, 2.75) is 45.1 Å². The molecule has 0 saturated carbocycles. The number of aliphatic hydroxyl groups excluding tert-OH is 1. The van der Waals surface area contributed by atoms with Gasteiger partial charge in [-0.3, -0.25) is 4.79 Å². The molecule has 0 aliphatic carbocycles. The van der Waals surface area contributed by atoms with Crippen LogP contribution in [0.1, 0.15) is 20.8 Å². The van der Waals surface area contributed by atoms with Gasteiger partial charge >= 0.3 is 0 Å². The highest BCUT2D eigenvalue weighted by atomic mass is 16.7. The summed E-state index contributed by atoms with van der Waals surface area (Å²) in [6.45, 7) is 5.31. The molecular weight excluding hydrogens is 254 g/mol. The quantitative estimate of drug-likeness (QED) is 0.644. The Balaban J connectivity index is 2.51. The lowest BCUT2D eigenvalue weighted by atomic mass is 10.1. The highest BCUT2D eigenvalue weighted by Gasteiger charge is 2.38. The van der Waals surface area contributed by atoms with Crippen LogP contribution in [-0.4, -0.2) is 62.2 Å². The lowest BCUT2D eigenvalue weighted by Gasteiger charge is -2.41. The lowest BCUT2D eigenvalue weighted by molar-refractivity contribution is -0.330. The number of nitrogens with one attached hydrogen (secondary N) is 1. The van der Waals surface area contributed by atoms with Crippen molar-refractivity contribution in [2.24, 2.45) is 0 Å². The first-order valence-electron chi connectivity index (χ1n) is 6.23. The zero-order chi connectivity index (χ0) is 14.5. The van der Waals surface area contributed by atoms with Crippen molar-refractivity contribution in [1.82, 2.24) is 5.32 Å². The van der Waals surface area contributed by atoms with Gasteiger partial charge in [-0.25, -0.2) is 0 Å². The van der Waals surface area contributed by atoms with Crippen LogP contribution in [0.4, 0.5) is 0 Å². The maximum absolute atomic E-state index is 10.9. The van der Waals surface area contributed by atoms with Crippen molar-refractivity contribution in [2.75, 3.05) is 26.9 Å². The summed E-state index contributed by atoms with van der Waals surface area (Å²) < 4.78 is 21.8. The second kappa shape index (κ2) is 7.16. The fourth-order valence-electron chi connectivity index (χ4n) is 1.76. The highest BCUT2D eigenvalue weighted by Crippen LogP contribution is 2.24. The number of carbonyl (C=O) groups excluding carboxylic acids is 1. The molecule has 3 atom stereocenters. The number of rotatable bonds is 6. The third-order valence-electron chi connectivity index (χ3n) is 2.73. The first-order chi connectivity index (χ1) is 8.88. The number of ether oxygens (including phenoxy) is 4. The van der Waals surface area contributed by atoms with Crippen LogP contribution < -0.4 is 5.32 Å². The van der Waals surface area contributed by atoms with E-state index >= 15 is 0 Å². The number of hydrogen-bond donors (Lipinski definition) is 2. The Bertz CT molecular complexity index is 296. The van der Waals surface area contributed by atoms with Crippen LogP contribution in [0.3, 0.4) is 0 Å². The number of aliphatic hydroxyl groups is 1. The molecule has 7 heteroatoms. The molecule has 2 N–H and O–H groups in total. The molecule has 1 saturated heterocycles. The largest absolute Gasteiger partial charge is 0.394 e. The fraction of sp³-hybridized carbons (Fsp3) is 0.917. The van der Waals surface area contributed by atoms with Gasteiger partial charge in [0.25, 0.3) is 0 Å². The summed E-state index contributed by atoms with van der Waals surface area (Å²) in [5.74, 6) is -0.908. The van der Waals surface area contributed by atoms with Gasteiger partial charge in [-0.1, -0.05) is 0 Å². The molecule has 1 rings (SSSR count). The molecule has 1 aliphatic rings. The third-order valence-corrected chi connectivity index (χ3v) is 2.73. The predicted octanol–water partition coefficient (Wildman–Crippen LogP) is -0.376. The van der Waals surface area contributed by atoms with Crippen molar-refractivity contribution in [1.29, 1.82) is 0 Å². The topological polar surface area (TPSA) is 86.3 Å². The smallest absolute Gasteiger partial charge is 0.217 e. The molecule has 1 amide bonds. The van der Waals surface area contributed by atoms with E-state index in [2.05, 4.69) is 5.32 Å². The number of methoxy groups -OCH3 is 1. The van der Waals surface area contributed by atoms with Crippen LogP contribution in [0.25, 0.3) is 0 Å². The van der Waals surface area contributed by atoms with Crippen LogP contribution in [0, 0.1) is 0 Å². The van der Waals surface area contributed by atoms with E-state index in [4.69, 9.17) is 18.9 Å². The predicted molar refractivity (Wildman–Crippen MR) is 66.3 cm³/mol. The Kier molecular flexibility index (Phi) is 6.15. The average molecular weight is 277 g/mol. The molecule has 0 spiro atoms. The molecule has 0 radical (unpaired) electrons. The van der Waals surface area contributed by atoms with Crippen LogP contribution in [0.5, 0.6) is 0 Å². The molecule has 1 heterocycles. The standard InChI is InChI=1S/C12H23NO6/c1-8(15)13-5-11(16-4)18-10-7-17-12(2,3)19-9(10)6-14/h9-11,14H,5-7H2,1-4H3,(H,13,15)/t9-,10?,11+/m0/s1. The summed E-state index contributed by atoms with van der Waals surface area (Å²) >= 11 is 0. The fourth-order valence-corrected chi connectivity index (χ4v) is 1.76.